The van der Waals surface area contributed by atoms with Gasteiger partial charge in [0, 0.05) is 31.9 Å². The van der Waals surface area contributed by atoms with Crippen molar-refractivity contribution in [1.82, 2.24) is 4.90 Å². The van der Waals surface area contributed by atoms with E-state index in [1.807, 2.05) is 0 Å². The molecule has 2 aliphatic rings. The van der Waals surface area contributed by atoms with E-state index in [0.29, 0.717) is 28.9 Å². The molecule has 1 saturated carbocycles. The van der Waals surface area contributed by atoms with E-state index in [0.717, 1.165) is 12.8 Å². The van der Waals surface area contributed by atoms with E-state index in [1.165, 1.54) is 25.5 Å². The normalized spacial score (nSPS) is 26.7. The quantitative estimate of drug-likeness (QED) is 0.257. The van der Waals surface area contributed by atoms with Crippen LogP contribution in [-0.2, 0) is 28.8 Å². The molecule has 160 valence electrons. The predicted octanol–water partition coefficient (Wildman–Crippen LogP) is 3.44. The molecule has 0 spiro atoms. The van der Waals surface area contributed by atoms with Gasteiger partial charge < -0.3 is 9.47 Å². The van der Waals surface area contributed by atoms with Crippen LogP contribution in [0.1, 0.15) is 60.3 Å². The third-order valence-corrected chi connectivity index (χ3v) is 6.22. The maximum atomic E-state index is 12.3. The number of hydrogen-bond donors (Lipinski definition) is 0. The molecule has 1 heterocycles. The standard InChI is InChI=1S/C21H35NO6/c1-13(2)17-9-8-14(3)12-18(17)27-28-21(25-6,26-7)10-11-22-19(23)15(4)16(5)20(22)24/h13-14,17-18H,8-12H2,1-7H3. The van der Waals surface area contributed by atoms with Gasteiger partial charge in [-0.2, -0.15) is 4.89 Å². The lowest BCUT2D eigenvalue weighted by Crippen LogP contribution is -2.45. The molecule has 0 radical (unpaired) electrons. The molecular formula is C21H35NO6. The zero-order valence-corrected chi connectivity index (χ0v) is 18.2. The lowest BCUT2D eigenvalue weighted by Gasteiger charge is -2.38. The Bertz CT molecular complexity index is 586. The van der Waals surface area contributed by atoms with Crippen LogP contribution in [0.15, 0.2) is 11.1 Å². The highest BCUT2D eigenvalue weighted by atomic mass is 17.3. The minimum absolute atomic E-state index is 0.0466. The predicted molar refractivity (Wildman–Crippen MR) is 104 cm³/mol. The minimum atomic E-state index is -1.48. The Balaban J connectivity index is 2.01. The maximum Gasteiger partial charge on any atom is 0.313 e. The van der Waals surface area contributed by atoms with Gasteiger partial charge in [-0.05, 0) is 44.4 Å². The van der Waals surface area contributed by atoms with Gasteiger partial charge in [0.1, 0.15) is 0 Å². The molecule has 0 saturated heterocycles. The number of hydrogen-bond acceptors (Lipinski definition) is 6. The van der Waals surface area contributed by atoms with Gasteiger partial charge in [0.25, 0.3) is 11.8 Å². The monoisotopic (exact) mass is 397 g/mol. The van der Waals surface area contributed by atoms with Gasteiger partial charge in [-0.3, -0.25) is 14.5 Å². The fourth-order valence-corrected chi connectivity index (χ4v) is 4.03. The van der Waals surface area contributed by atoms with Crippen LogP contribution in [-0.4, -0.2) is 49.6 Å². The molecule has 0 aromatic rings. The van der Waals surface area contributed by atoms with Gasteiger partial charge in [0.15, 0.2) is 0 Å². The zero-order chi connectivity index (χ0) is 21.1. The zero-order valence-electron chi connectivity index (χ0n) is 18.2. The molecule has 1 fully saturated rings. The summed E-state index contributed by atoms with van der Waals surface area (Å²) in [6, 6.07) is 0. The summed E-state index contributed by atoms with van der Waals surface area (Å²) in [4.78, 5) is 37.2. The van der Waals surface area contributed by atoms with Crippen molar-refractivity contribution < 1.29 is 28.8 Å². The number of nitrogens with zero attached hydrogens (tertiary/aromatic N) is 1. The molecule has 28 heavy (non-hydrogen) atoms. The molecule has 3 atom stereocenters. The molecule has 0 aromatic heterocycles. The van der Waals surface area contributed by atoms with Crippen molar-refractivity contribution in [3.63, 3.8) is 0 Å². The summed E-state index contributed by atoms with van der Waals surface area (Å²) >= 11 is 0. The molecule has 3 unspecified atom stereocenters. The Kier molecular flexibility index (Phi) is 7.79. The van der Waals surface area contributed by atoms with Gasteiger partial charge in [-0.25, -0.2) is 4.89 Å². The lowest BCUT2D eigenvalue weighted by atomic mass is 9.75. The van der Waals surface area contributed by atoms with Gasteiger partial charge in [-0.1, -0.05) is 27.2 Å². The second kappa shape index (κ2) is 9.48. The van der Waals surface area contributed by atoms with Crippen molar-refractivity contribution in [2.24, 2.45) is 17.8 Å². The Morgan fingerprint density at radius 2 is 1.64 bits per heavy atom. The molecule has 1 aliphatic carbocycles. The highest BCUT2D eigenvalue weighted by Gasteiger charge is 2.41. The SMILES string of the molecule is COC(CCN1C(=O)C(C)=C(C)C1=O)(OC)OOC1CC(C)CCC1C(C)C. The summed E-state index contributed by atoms with van der Waals surface area (Å²) in [5.41, 5.74) is 0.942. The van der Waals surface area contributed by atoms with Crippen LogP contribution < -0.4 is 0 Å². The third-order valence-electron chi connectivity index (χ3n) is 6.22. The van der Waals surface area contributed by atoms with E-state index in [9.17, 15) is 9.59 Å². The number of methoxy groups -OCH3 is 2. The topological polar surface area (TPSA) is 74.3 Å². The van der Waals surface area contributed by atoms with Crippen LogP contribution in [0.4, 0.5) is 0 Å². The fourth-order valence-electron chi connectivity index (χ4n) is 4.03. The van der Waals surface area contributed by atoms with E-state index in [2.05, 4.69) is 20.8 Å². The van der Waals surface area contributed by atoms with Crippen LogP contribution in [0.25, 0.3) is 0 Å². The number of amides is 2. The van der Waals surface area contributed by atoms with Crippen LogP contribution in [0, 0.1) is 17.8 Å². The molecule has 0 aromatic carbocycles. The summed E-state index contributed by atoms with van der Waals surface area (Å²) in [6.07, 6.45) is 3.30. The van der Waals surface area contributed by atoms with Gasteiger partial charge in [-0.15, -0.1) is 0 Å². The average molecular weight is 398 g/mol. The van der Waals surface area contributed by atoms with Gasteiger partial charge in [0.2, 0.25) is 0 Å². The van der Waals surface area contributed by atoms with Crippen molar-refractivity contribution in [1.29, 1.82) is 0 Å². The fraction of sp³-hybridized carbons (Fsp3) is 0.810. The molecule has 1 aliphatic heterocycles. The largest absolute Gasteiger partial charge is 0.329 e. The molecule has 0 bridgehead atoms. The number of imide groups is 1. The summed E-state index contributed by atoms with van der Waals surface area (Å²) in [6.45, 7) is 10.0. The molecule has 7 nitrogen and oxygen atoms in total. The Morgan fingerprint density at radius 3 is 2.14 bits per heavy atom. The van der Waals surface area contributed by atoms with E-state index < -0.39 is 5.97 Å². The van der Waals surface area contributed by atoms with Crippen molar-refractivity contribution in [2.75, 3.05) is 20.8 Å². The maximum absolute atomic E-state index is 12.3. The first kappa shape index (κ1) is 23.0. The van der Waals surface area contributed by atoms with E-state index in [4.69, 9.17) is 19.2 Å². The minimum Gasteiger partial charge on any atom is -0.329 e. The first-order chi connectivity index (χ1) is 13.2. The average Bonchev–Trinajstić information content (AvgIpc) is 2.85. The van der Waals surface area contributed by atoms with E-state index >= 15 is 0 Å². The Morgan fingerprint density at radius 1 is 1.07 bits per heavy atom. The van der Waals surface area contributed by atoms with Crippen molar-refractivity contribution >= 4 is 11.8 Å². The van der Waals surface area contributed by atoms with Crippen LogP contribution in [0.2, 0.25) is 0 Å². The Hall–Kier alpha value is -1.28. The second-order valence-corrected chi connectivity index (χ2v) is 8.40. The van der Waals surface area contributed by atoms with Crippen LogP contribution in [0.5, 0.6) is 0 Å². The van der Waals surface area contributed by atoms with E-state index in [-0.39, 0.29) is 30.9 Å². The van der Waals surface area contributed by atoms with Crippen LogP contribution >= 0.6 is 0 Å². The Labute approximate surface area is 168 Å². The molecule has 2 rings (SSSR count). The van der Waals surface area contributed by atoms with E-state index in [1.54, 1.807) is 13.8 Å². The summed E-state index contributed by atoms with van der Waals surface area (Å²) < 4.78 is 10.9. The van der Waals surface area contributed by atoms with Crippen molar-refractivity contribution in [3.8, 4) is 0 Å². The van der Waals surface area contributed by atoms with Gasteiger partial charge in [0.05, 0.1) is 12.5 Å². The number of rotatable bonds is 9. The van der Waals surface area contributed by atoms with Crippen molar-refractivity contribution in [2.45, 2.75) is 72.4 Å². The number of carbonyl (C=O) groups excluding carboxylic acids is 2. The molecule has 0 N–H and O–H groups in total. The van der Waals surface area contributed by atoms with Gasteiger partial charge >= 0.3 is 5.97 Å². The molecule has 2 amide bonds. The summed E-state index contributed by atoms with van der Waals surface area (Å²) in [5.74, 6) is -0.597. The highest BCUT2D eigenvalue weighted by Crippen LogP contribution is 2.36. The molecular weight excluding hydrogens is 362 g/mol. The van der Waals surface area contributed by atoms with Crippen LogP contribution in [0.3, 0.4) is 0 Å². The molecule has 7 heteroatoms. The summed E-state index contributed by atoms with van der Waals surface area (Å²) in [5, 5.41) is 0. The second-order valence-electron chi connectivity index (χ2n) is 8.40. The number of ether oxygens (including phenoxy) is 2. The smallest absolute Gasteiger partial charge is 0.313 e. The summed E-state index contributed by atoms with van der Waals surface area (Å²) in [7, 11) is 2.91. The first-order valence-electron chi connectivity index (χ1n) is 10.1. The number of carbonyl (C=O) groups is 2. The first-order valence-corrected chi connectivity index (χ1v) is 10.1. The highest BCUT2D eigenvalue weighted by molar-refractivity contribution is 6.18. The lowest BCUT2D eigenvalue weighted by molar-refractivity contribution is -0.515. The van der Waals surface area contributed by atoms with Crippen molar-refractivity contribution in [3.05, 3.63) is 11.1 Å². The third kappa shape index (κ3) is 4.82.